The second kappa shape index (κ2) is 5.62. The van der Waals surface area contributed by atoms with Gasteiger partial charge in [0.05, 0.1) is 5.69 Å². The normalized spacial score (nSPS) is 10.8. The smallest absolute Gasteiger partial charge is 0.249 e. The molecule has 0 saturated heterocycles. The molecule has 2 N–H and O–H groups in total. The number of primary amides is 1. The Kier molecular flexibility index (Phi) is 3.31. The van der Waals surface area contributed by atoms with Gasteiger partial charge in [0.1, 0.15) is 0 Å². The van der Waals surface area contributed by atoms with Crippen LogP contribution in [0.1, 0.15) is 10.4 Å². The van der Waals surface area contributed by atoms with Gasteiger partial charge in [0.15, 0.2) is 0 Å². The van der Waals surface area contributed by atoms with Crippen molar-refractivity contribution < 1.29 is 4.79 Å². The maximum Gasteiger partial charge on any atom is 0.249 e. The molecule has 0 aliphatic heterocycles. The van der Waals surface area contributed by atoms with E-state index in [1.807, 2.05) is 65.3 Å². The van der Waals surface area contributed by atoms with Crippen molar-refractivity contribution in [2.24, 2.45) is 5.73 Å². The molecule has 0 saturated carbocycles. The highest BCUT2D eigenvalue weighted by molar-refractivity contribution is 5.99. The molecule has 0 aliphatic carbocycles. The SMILES string of the molecule is NC(=O)c1ccccc1-c1ccc(-c2cn3cccnc3n2)cc1. The van der Waals surface area contributed by atoms with E-state index in [1.165, 1.54) is 0 Å². The monoisotopic (exact) mass is 314 g/mol. The molecule has 2 aromatic carbocycles. The highest BCUT2D eigenvalue weighted by Gasteiger charge is 2.10. The molecule has 1 amide bonds. The van der Waals surface area contributed by atoms with Crippen molar-refractivity contribution in [3.05, 3.63) is 78.8 Å². The Hall–Kier alpha value is -3.47. The zero-order valence-electron chi connectivity index (χ0n) is 12.8. The van der Waals surface area contributed by atoms with Gasteiger partial charge < -0.3 is 5.73 Å². The maximum absolute atomic E-state index is 11.6. The molecule has 0 aliphatic rings. The predicted molar refractivity (Wildman–Crippen MR) is 92.4 cm³/mol. The van der Waals surface area contributed by atoms with E-state index in [0.29, 0.717) is 11.3 Å². The van der Waals surface area contributed by atoms with Crippen LogP contribution in [0.3, 0.4) is 0 Å². The number of benzene rings is 2. The lowest BCUT2D eigenvalue weighted by molar-refractivity contribution is 0.100. The molecule has 5 heteroatoms. The van der Waals surface area contributed by atoms with Crippen LogP contribution in [0.4, 0.5) is 0 Å². The van der Waals surface area contributed by atoms with Gasteiger partial charge in [0.25, 0.3) is 0 Å². The van der Waals surface area contributed by atoms with E-state index in [9.17, 15) is 4.79 Å². The number of rotatable bonds is 3. The summed E-state index contributed by atoms with van der Waals surface area (Å²) in [6.45, 7) is 0. The van der Waals surface area contributed by atoms with Crippen molar-refractivity contribution in [2.75, 3.05) is 0 Å². The molecule has 0 atom stereocenters. The quantitative estimate of drug-likeness (QED) is 0.631. The third kappa shape index (κ3) is 2.42. The number of amides is 1. The molecule has 24 heavy (non-hydrogen) atoms. The average molecular weight is 314 g/mol. The van der Waals surface area contributed by atoms with Gasteiger partial charge in [-0.3, -0.25) is 9.20 Å². The summed E-state index contributed by atoms with van der Waals surface area (Å²) in [5.74, 6) is 0.233. The first-order valence-electron chi connectivity index (χ1n) is 7.52. The lowest BCUT2D eigenvalue weighted by Crippen LogP contribution is -2.12. The van der Waals surface area contributed by atoms with Crippen molar-refractivity contribution in [1.29, 1.82) is 0 Å². The zero-order chi connectivity index (χ0) is 16.5. The van der Waals surface area contributed by atoms with Crippen LogP contribution in [0.25, 0.3) is 28.2 Å². The Balaban J connectivity index is 1.74. The van der Waals surface area contributed by atoms with Crippen molar-refractivity contribution in [1.82, 2.24) is 14.4 Å². The number of aromatic nitrogens is 3. The van der Waals surface area contributed by atoms with Gasteiger partial charge >= 0.3 is 0 Å². The minimum atomic E-state index is -0.430. The number of nitrogens with zero attached hydrogens (tertiary/aromatic N) is 3. The Labute approximate surface area is 138 Å². The third-order valence-electron chi connectivity index (χ3n) is 3.92. The molecule has 0 fully saturated rings. The van der Waals surface area contributed by atoms with Crippen LogP contribution in [-0.2, 0) is 0 Å². The molecule has 5 nitrogen and oxygen atoms in total. The van der Waals surface area contributed by atoms with Crippen LogP contribution < -0.4 is 5.73 Å². The highest BCUT2D eigenvalue weighted by atomic mass is 16.1. The van der Waals surface area contributed by atoms with Gasteiger partial charge in [-0.1, -0.05) is 42.5 Å². The maximum atomic E-state index is 11.6. The number of carbonyl (C=O) groups excluding carboxylic acids is 1. The van der Waals surface area contributed by atoms with E-state index in [2.05, 4.69) is 9.97 Å². The number of hydrogen-bond donors (Lipinski definition) is 1. The number of fused-ring (bicyclic) bond motifs is 1. The minimum Gasteiger partial charge on any atom is -0.366 e. The van der Waals surface area contributed by atoms with E-state index in [4.69, 9.17) is 5.73 Å². The Morgan fingerprint density at radius 3 is 2.46 bits per heavy atom. The van der Waals surface area contributed by atoms with Gasteiger partial charge in [-0.2, -0.15) is 0 Å². The third-order valence-corrected chi connectivity index (χ3v) is 3.92. The summed E-state index contributed by atoms with van der Waals surface area (Å²) in [5.41, 5.74) is 9.58. The molecule has 2 heterocycles. The summed E-state index contributed by atoms with van der Waals surface area (Å²) >= 11 is 0. The number of hydrogen-bond acceptors (Lipinski definition) is 3. The minimum absolute atomic E-state index is 0.430. The summed E-state index contributed by atoms with van der Waals surface area (Å²) in [6, 6.07) is 17.1. The van der Waals surface area contributed by atoms with Crippen molar-refractivity contribution in [2.45, 2.75) is 0 Å². The molecule has 2 aromatic heterocycles. The lowest BCUT2D eigenvalue weighted by Gasteiger charge is -2.07. The summed E-state index contributed by atoms with van der Waals surface area (Å²) in [7, 11) is 0. The second-order valence-electron chi connectivity index (χ2n) is 5.44. The predicted octanol–water partition coefficient (Wildman–Crippen LogP) is 3.16. The van der Waals surface area contributed by atoms with Crippen LogP contribution in [0, 0.1) is 0 Å². The first-order valence-corrected chi connectivity index (χ1v) is 7.52. The van der Waals surface area contributed by atoms with E-state index < -0.39 is 5.91 Å². The first kappa shape index (κ1) is 14.1. The Morgan fingerprint density at radius 2 is 1.71 bits per heavy atom. The summed E-state index contributed by atoms with van der Waals surface area (Å²) in [4.78, 5) is 20.3. The molecule has 4 aromatic rings. The first-order chi connectivity index (χ1) is 11.7. The molecular weight excluding hydrogens is 300 g/mol. The fourth-order valence-corrected chi connectivity index (χ4v) is 2.74. The van der Waals surface area contributed by atoms with Gasteiger partial charge in [-0.05, 0) is 23.3 Å². The zero-order valence-corrected chi connectivity index (χ0v) is 12.8. The second-order valence-corrected chi connectivity index (χ2v) is 5.44. The standard InChI is InChI=1S/C19H14N4O/c20-18(24)16-5-2-1-4-15(16)13-6-8-14(9-7-13)17-12-23-11-3-10-21-19(23)22-17/h1-12H,(H2,20,24). The fourth-order valence-electron chi connectivity index (χ4n) is 2.74. The Morgan fingerprint density at radius 1 is 0.958 bits per heavy atom. The van der Waals surface area contributed by atoms with E-state index in [-0.39, 0.29) is 0 Å². The topological polar surface area (TPSA) is 73.3 Å². The highest BCUT2D eigenvalue weighted by Crippen LogP contribution is 2.26. The van der Waals surface area contributed by atoms with Crippen LogP contribution in [0.2, 0.25) is 0 Å². The number of carbonyl (C=O) groups is 1. The van der Waals surface area contributed by atoms with Crippen molar-refractivity contribution in [3.8, 4) is 22.4 Å². The van der Waals surface area contributed by atoms with Crippen LogP contribution in [0.15, 0.2) is 73.2 Å². The molecule has 0 unspecified atom stereocenters. The van der Waals surface area contributed by atoms with E-state index >= 15 is 0 Å². The van der Waals surface area contributed by atoms with Gasteiger partial charge in [-0.25, -0.2) is 9.97 Å². The van der Waals surface area contributed by atoms with Crippen LogP contribution >= 0.6 is 0 Å². The van der Waals surface area contributed by atoms with Gasteiger partial charge in [0, 0.05) is 29.7 Å². The van der Waals surface area contributed by atoms with Crippen LogP contribution in [-0.4, -0.2) is 20.3 Å². The van der Waals surface area contributed by atoms with E-state index in [0.717, 1.165) is 22.4 Å². The largest absolute Gasteiger partial charge is 0.366 e. The van der Waals surface area contributed by atoms with Gasteiger partial charge in [0.2, 0.25) is 11.7 Å². The van der Waals surface area contributed by atoms with Crippen LogP contribution in [0.5, 0.6) is 0 Å². The number of imidazole rings is 1. The molecular formula is C19H14N4O. The molecule has 116 valence electrons. The van der Waals surface area contributed by atoms with Gasteiger partial charge in [-0.15, -0.1) is 0 Å². The van der Waals surface area contributed by atoms with E-state index in [1.54, 1.807) is 12.3 Å². The van der Waals surface area contributed by atoms with Crippen molar-refractivity contribution in [3.63, 3.8) is 0 Å². The average Bonchev–Trinajstić information content (AvgIpc) is 3.06. The summed E-state index contributed by atoms with van der Waals surface area (Å²) < 4.78 is 1.88. The summed E-state index contributed by atoms with van der Waals surface area (Å²) in [5, 5.41) is 0. The number of nitrogens with two attached hydrogens (primary N) is 1. The lowest BCUT2D eigenvalue weighted by atomic mass is 9.98. The van der Waals surface area contributed by atoms with Crippen molar-refractivity contribution >= 4 is 11.7 Å². The fraction of sp³-hybridized carbons (Fsp3) is 0. The molecule has 4 rings (SSSR count). The summed E-state index contributed by atoms with van der Waals surface area (Å²) in [6.07, 6.45) is 5.57. The Bertz CT molecular complexity index is 1000. The molecule has 0 bridgehead atoms. The molecule has 0 spiro atoms. The molecule has 0 radical (unpaired) electrons.